The molecule has 0 atom stereocenters. The van der Waals surface area contributed by atoms with Crippen molar-refractivity contribution < 1.29 is 19.4 Å². The van der Waals surface area contributed by atoms with Gasteiger partial charge in [-0.1, -0.05) is 32.8 Å². The van der Waals surface area contributed by atoms with E-state index in [0.717, 1.165) is 25.7 Å². The quantitative estimate of drug-likeness (QED) is 0.732. The zero-order valence-electron chi connectivity index (χ0n) is 12.6. The predicted octanol–water partition coefficient (Wildman–Crippen LogP) is 3.30. The highest BCUT2D eigenvalue weighted by atomic mass is 16.5. The third-order valence-electron chi connectivity index (χ3n) is 3.11. The van der Waals surface area contributed by atoms with Crippen LogP contribution in [-0.2, 0) is 9.59 Å². The minimum atomic E-state index is -1.03. The molecule has 1 aromatic rings. The third kappa shape index (κ3) is 6.29. The number of carboxylic acid groups (broad SMARTS) is 1. The van der Waals surface area contributed by atoms with Crippen LogP contribution in [0.4, 0.5) is 5.69 Å². The van der Waals surface area contributed by atoms with Crippen LogP contribution in [0.15, 0.2) is 24.3 Å². The normalized spacial score (nSPS) is 10.4. The number of hydrogen-bond donors (Lipinski definition) is 2. The average Bonchev–Trinajstić information content (AvgIpc) is 2.45. The van der Waals surface area contributed by atoms with E-state index < -0.39 is 12.6 Å². The molecule has 1 amide bonds. The van der Waals surface area contributed by atoms with E-state index in [4.69, 9.17) is 9.84 Å². The number of carboxylic acids is 1. The van der Waals surface area contributed by atoms with Gasteiger partial charge in [0.25, 0.3) is 0 Å². The second kappa shape index (κ2) is 9.00. The van der Waals surface area contributed by atoms with Crippen LogP contribution in [0.3, 0.4) is 0 Å². The number of carbonyl (C=O) groups is 2. The molecule has 0 radical (unpaired) electrons. The maximum Gasteiger partial charge on any atom is 0.341 e. The van der Waals surface area contributed by atoms with Gasteiger partial charge in [-0.2, -0.15) is 0 Å². The Hall–Kier alpha value is -2.04. The molecule has 5 heteroatoms. The number of nitrogens with one attached hydrogen (secondary N) is 1. The molecular weight excluding hydrogens is 270 g/mol. The van der Waals surface area contributed by atoms with Crippen LogP contribution in [-0.4, -0.2) is 23.6 Å². The lowest BCUT2D eigenvalue weighted by Gasteiger charge is -2.15. The summed E-state index contributed by atoms with van der Waals surface area (Å²) >= 11 is 0. The summed E-state index contributed by atoms with van der Waals surface area (Å²) in [6.07, 6.45) is 3.68. The lowest BCUT2D eigenvalue weighted by Crippen LogP contribution is -2.22. The van der Waals surface area contributed by atoms with E-state index in [1.165, 1.54) is 0 Å². The Bertz CT molecular complexity index is 467. The van der Waals surface area contributed by atoms with Crippen molar-refractivity contribution in [1.82, 2.24) is 0 Å². The first kappa shape index (κ1) is 17.0. The van der Waals surface area contributed by atoms with E-state index in [1.54, 1.807) is 24.3 Å². The molecule has 0 saturated heterocycles. The van der Waals surface area contributed by atoms with E-state index in [9.17, 15) is 9.59 Å². The van der Waals surface area contributed by atoms with Gasteiger partial charge < -0.3 is 15.2 Å². The molecule has 0 aliphatic heterocycles. The molecule has 116 valence electrons. The maximum atomic E-state index is 12.2. The van der Waals surface area contributed by atoms with Gasteiger partial charge in [-0.15, -0.1) is 0 Å². The molecule has 0 fully saturated rings. The summed E-state index contributed by atoms with van der Waals surface area (Å²) < 4.78 is 5.09. The van der Waals surface area contributed by atoms with E-state index in [1.807, 2.05) is 0 Å². The Morgan fingerprint density at radius 1 is 1.24 bits per heavy atom. The molecule has 0 heterocycles. The Labute approximate surface area is 125 Å². The Balaban J connectivity index is 2.66. The van der Waals surface area contributed by atoms with Gasteiger partial charge in [0.05, 0.1) is 0 Å². The summed E-state index contributed by atoms with van der Waals surface area (Å²) in [5.74, 6) is -0.578. The van der Waals surface area contributed by atoms with Crippen molar-refractivity contribution in [2.24, 2.45) is 5.92 Å². The number of benzene rings is 1. The SMILES string of the molecule is CCCC(CCC)C(=O)Nc1cccc(OCC(=O)O)c1. The Morgan fingerprint density at radius 3 is 2.48 bits per heavy atom. The lowest BCUT2D eigenvalue weighted by molar-refractivity contribution is -0.139. The van der Waals surface area contributed by atoms with Crippen LogP contribution in [0.2, 0.25) is 0 Å². The third-order valence-corrected chi connectivity index (χ3v) is 3.11. The van der Waals surface area contributed by atoms with Gasteiger partial charge in [0, 0.05) is 17.7 Å². The molecule has 0 unspecified atom stereocenters. The number of hydrogen-bond acceptors (Lipinski definition) is 3. The number of anilines is 1. The summed E-state index contributed by atoms with van der Waals surface area (Å²) in [5, 5.41) is 11.5. The number of rotatable bonds is 9. The molecule has 1 aromatic carbocycles. The van der Waals surface area contributed by atoms with Crippen molar-refractivity contribution in [2.45, 2.75) is 39.5 Å². The minimum Gasteiger partial charge on any atom is -0.482 e. The molecule has 21 heavy (non-hydrogen) atoms. The van der Waals surface area contributed by atoms with Crippen LogP contribution in [0.5, 0.6) is 5.75 Å². The van der Waals surface area contributed by atoms with Crippen LogP contribution in [0, 0.1) is 5.92 Å². The number of carbonyl (C=O) groups excluding carboxylic acids is 1. The first-order valence-electron chi connectivity index (χ1n) is 7.32. The molecule has 0 aromatic heterocycles. The first-order valence-corrected chi connectivity index (χ1v) is 7.32. The maximum absolute atomic E-state index is 12.2. The van der Waals surface area contributed by atoms with E-state index >= 15 is 0 Å². The highest BCUT2D eigenvalue weighted by Crippen LogP contribution is 2.20. The van der Waals surface area contributed by atoms with Gasteiger partial charge in [-0.05, 0) is 25.0 Å². The van der Waals surface area contributed by atoms with Gasteiger partial charge in [-0.25, -0.2) is 4.79 Å². The molecule has 5 nitrogen and oxygen atoms in total. The Kier molecular flexibility index (Phi) is 7.29. The van der Waals surface area contributed by atoms with Crippen molar-refractivity contribution in [2.75, 3.05) is 11.9 Å². The zero-order chi connectivity index (χ0) is 15.7. The fraction of sp³-hybridized carbons (Fsp3) is 0.500. The van der Waals surface area contributed by atoms with Crippen LogP contribution >= 0.6 is 0 Å². The molecule has 0 aliphatic rings. The summed E-state index contributed by atoms with van der Waals surface area (Å²) in [7, 11) is 0. The molecule has 0 saturated carbocycles. The summed E-state index contributed by atoms with van der Waals surface area (Å²) in [6, 6.07) is 6.78. The topological polar surface area (TPSA) is 75.6 Å². The first-order chi connectivity index (χ1) is 10.1. The monoisotopic (exact) mass is 293 g/mol. The van der Waals surface area contributed by atoms with E-state index in [0.29, 0.717) is 11.4 Å². The summed E-state index contributed by atoms with van der Waals surface area (Å²) in [6.45, 7) is 3.73. The number of aliphatic carboxylic acids is 1. The number of amides is 1. The molecule has 0 spiro atoms. The molecular formula is C16H23NO4. The average molecular weight is 293 g/mol. The van der Waals surface area contributed by atoms with Gasteiger partial charge >= 0.3 is 5.97 Å². The second-order valence-electron chi connectivity index (χ2n) is 4.97. The standard InChI is InChI=1S/C16H23NO4/c1-3-6-12(7-4-2)16(20)17-13-8-5-9-14(10-13)21-11-15(18)19/h5,8-10,12H,3-4,6-7,11H2,1-2H3,(H,17,20)(H,18,19). The van der Waals surface area contributed by atoms with Crippen LogP contribution in [0.1, 0.15) is 39.5 Å². The van der Waals surface area contributed by atoms with Crippen molar-refractivity contribution in [1.29, 1.82) is 0 Å². The minimum absolute atomic E-state index is 0.00841. The number of ether oxygens (including phenoxy) is 1. The molecule has 2 N–H and O–H groups in total. The van der Waals surface area contributed by atoms with Gasteiger partial charge in [0.1, 0.15) is 5.75 Å². The molecule has 0 aliphatic carbocycles. The van der Waals surface area contributed by atoms with Crippen molar-refractivity contribution in [3.05, 3.63) is 24.3 Å². The zero-order valence-corrected chi connectivity index (χ0v) is 12.6. The second-order valence-corrected chi connectivity index (χ2v) is 4.97. The van der Waals surface area contributed by atoms with E-state index in [2.05, 4.69) is 19.2 Å². The fourth-order valence-electron chi connectivity index (χ4n) is 2.16. The summed E-state index contributed by atoms with van der Waals surface area (Å²) in [4.78, 5) is 22.7. The van der Waals surface area contributed by atoms with E-state index in [-0.39, 0.29) is 11.8 Å². The van der Waals surface area contributed by atoms with Gasteiger partial charge in [0.15, 0.2) is 6.61 Å². The highest BCUT2D eigenvalue weighted by molar-refractivity contribution is 5.92. The largest absolute Gasteiger partial charge is 0.482 e. The van der Waals surface area contributed by atoms with Crippen molar-refractivity contribution in [3.8, 4) is 5.75 Å². The van der Waals surface area contributed by atoms with Crippen LogP contribution in [0.25, 0.3) is 0 Å². The predicted molar refractivity (Wildman–Crippen MR) is 81.5 cm³/mol. The summed E-state index contributed by atoms with van der Waals surface area (Å²) in [5.41, 5.74) is 0.625. The van der Waals surface area contributed by atoms with Crippen molar-refractivity contribution in [3.63, 3.8) is 0 Å². The van der Waals surface area contributed by atoms with Gasteiger partial charge in [0.2, 0.25) is 5.91 Å². The Morgan fingerprint density at radius 2 is 1.90 bits per heavy atom. The smallest absolute Gasteiger partial charge is 0.341 e. The lowest BCUT2D eigenvalue weighted by atomic mass is 9.97. The molecule has 0 bridgehead atoms. The van der Waals surface area contributed by atoms with Crippen molar-refractivity contribution >= 4 is 17.6 Å². The highest BCUT2D eigenvalue weighted by Gasteiger charge is 2.16. The van der Waals surface area contributed by atoms with Crippen LogP contribution < -0.4 is 10.1 Å². The fourth-order valence-corrected chi connectivity index (χ4v) is 2.16. The molecule has 1 rings (SSSR count). The van der Waals surface area contributed by atoms with Gasteiger partial charge in [-0.3, -0.25) is 4.79 Å².